The summed E-state index contributed by atoms with van der Waals surface area (Å²) in [4.78, 5) is 38.1. The molecule has 0 aromatic heterocycles. The number of imide groups is 1. The minimum atomic E-state index is -0.471. The lowest BCUT2D eigenvalue weighted by Crippen LogP contribution is -2.64. The van der Waals surface area contributed by atoms with Gasteiger partial charge in [0.2, 0.25) is 0 Å². The zero-order chi connectivity index (χ0) is 22.0. The van der Waals surface area contributed by atoms with E-state index in [-0.39, 0.29) is 11.9 Å². The van der Waals surface area contributed by atoms with Crippen LogP contribution in [0.5, 0.6) is 0 Å². The average Bonchev–Trinajstić information content (AvgIpc) is 3.13. The molecule has 1 aromatic rings. The van der Waals surface area contributed by atoms with E-state index in [1.54, 1.807) is 11.9 Å². The Bertz CT molecular complexity index is 862. The van der Waals surface area contributed by atoms with Crippen molar-refractivity contribution < 1.29 is 9.59 Å². The first-order valence-corrected chi connectivity index (χ1v) is 11.0. The maximum atomic E-state index is 12.8. The van der Waals surface area contributed by atoms with Gasteiger partial charge in [0.05, 0.1) is 0 Å². The molecule has 0 bridgehead atoms. The predicted molar refractivity (Wildman–Crippen MR) is 121 cm³/mol. The van der Waals surface area contributed by atoms with E-state index in [4.69, 9.17) is 4.99 Å². The van der Waals surface area contributed by atoms with Crippen molar-refractivity contribution in [3.63, 3.8) is 0 Å². The highest BCUT2D eigenvalue weighted by molar-refractivity contribution is 6.03. The highest BCUT2D eigenvalue weighted by Gasteiger charge is 2.49. The molecule has 1 N–H and O–H groups in total. The molecule has 0 spiro atoms. The molecule has 166 valence electrons. The van der Waals surface area contributed by atoms with E-state index in [2.05, 4.69) is 45.7 Å². The smallest absolute Gasteiger partial charge is 0.325 e. The highest BCUT2D eigenvalue weighted by Crippen LogP contribution is 2.26. The number of amides is 3. The van der Waals surface area contributed by atoms with Crippen LogP contribution in [0.1, 0.15) is 18.9 Å². The van der Waals surface area contributed by atoms with Crippen molar-refractivity contribution in [3.8, 4) is 0 Å². The quantitative estimate of drug-likeness (QED) is 0.699. The maximum absolute atomic E-state index is 12.8. The summed E-state index contributed by atoms with van der Waals surface area (Å²) in [5, 5.41) is 2.49. The summed E-state index contributed by atoms with van der Waals surface area (Å²) in [6.45, 7) is 11.3. The fraction of sp³-hybridized carbons (Fsp3) is 0.522. The molecule has 2 atom stereocenters. The largest absolute Gasteiger partial charge is 0.340 e. The van der Waals surface area contributed by atoms with Gasteiger partial charge in [-0.3, -0.25) is 15.0 Å². The van der Waals surface area contributed by atoms with Gasteiger partial charge in [-0.15, -0.1) is 0 Å². The zero-order valence-corrected chi connectivity index (χ0v) is 18.5. The van der Waals surface area contributed by atoms with Crippen LogP contribution >= 0.6 is 0 Å². The summed E-state index contributed by atoms with van der Waals surface area (Å²) in [5.41, 5.74) is 2.45. The maximum Gasteiger partial charge on any atom is 0.325 e. The standard InChI is InChI=1S/C23H32N6O2/c1-17(2)16-27-12-14-28(15-13-27)22-24-20-19(21(30)25-23(31)26(20)3)29(22)11-7-10-18-8-5-4-6-9-18/h4-6,8-9,19-20H,1,7,10-16H2,2-3H3,(H,25,30,31). The number of nitrogens with one attached hydrogen (secondary N) is 1. The average molecular weight is 425 g/mol. The van der Waals surface area contributed by atoms with E-state index >= 15 is 0 Å². The number of carbonyl (C=O) groups excluding carboxylic acids is 2. The van der Waals surface area contributed by atoms with Crippen molar-refractivity contribution in [1.82, 2.24) is 24.9 Å². The van der Waals surface area contributed by atoms with Crippen molar-refractivity contribution in [2.45, 2.75) is 32.0 Å². The number of carbonyl (C=O) groups is 2. The van der Waals surface area contributed by atoms with Gasteiger partial charge < -0.3 is 14.7 Å². The van der Waals surface area contributed by atoms with Crippen molar-refractivity contribution in [2.24, 2.45) is 4.99 Å². The van der Waals surface area contributed by atoms with Crippen LogP contribution in [-0.4, -0.2) is 96.0 Å². The van der Waals surface area contributed by atoms with Crippen molar-refractivity contribution in [2.75, 3.05) is 46.3 Å². The molecule has 3 aliphatic rings. The van der Waals surface area contributed by atoms with Crippen LogP contribution in [0.25, 0.3) is 0 Å². The molecule has 2 saturated heterocycles. The van der Waals surface area contributed by atoms with Gasteiger partial charge in [0.15, 0.2) is 18.2 Å². The molecule has 0 aliphatic carbocycles. The summed E-state index contributed by atoms with van der Waals surface area (Å²) in [6.07, 6.45) is 1.37. The Morgan fingerprint density at radius 1 is 1.16 bits per heavy atom. The number of guanidine groups is 1. The molecular weight excluding hydrogens is 392 g/mol. The predicted octanol–water partition coefficient (Wildman–Crippen LogP) is 1.36. The van der Waals surface area contributed by atoms with Gasteiger partial charge in [-0.25, -0.2) is 9.79 Å². The van der Waals surface area contributed by atoms with Crippen LogP contribution in [0.3, 0.4) is 0 Å². The second kappa shape index (κ2) is 9.09. The number of hydrogen-bond acceptors (Lipinski definition) is 6. The molecule has 8 nitrogen and oxygen atoms in total. The Morgan fingerprint density at radius 3 is 2.55 bits per heavy atom. The van der Waals surface area contributed by atoms with Gasteiger partial charge in [-0.2, -0.15) is 0 Å². The number of hydrogen-bond donors (Lipinski definition) is 1. The topological polar surface area (TPSA) is 71.5 Å². The van der Waals surface area contributed by atoms with Gasteiger partial charge in [-0.05, 0) is 25.3 Å². The van der Waals surface area contributed by atoms with E-state index in [1.165, 1.54) is 5.56 Å². The number of benzene rings is 1. The molecule has 2 unspecified atom stereocenters. The second-order valence-electron chi connectivity index (χ2n) is 8.70. The molecule has 31 heavy (non-hydrogen) atoms. The number of nitrogens with zero attached hydrogens (tertiary/aromatic N) is 5. The lowest BCUT2D eigenvalue weighted by atomic mass is 10.1. The third kappa shape index (κ3) is 4.58. The summed E-state index contributed by atoms with van der Waals surface area (Å²) in [7, 11) is 1.71. The molecule has 2 fully saturated rings. The minimum absolute atomic E-state index is 0.257. The van der Waals surface area contributed by atoms with Crippen molar-refractivity contribution in [1.29, 1.82) is 0 Å². The Morgan fingerprint density at radius 2 is 1.87 bits per heavy atom. The molecule has 8 heteroatoms. The molecular formula is C23H32N6O2. The SMILES string of the molecule is C=C(C)CN1CCN(C2=NC3C(C(=O)NC(=O)N3C)N2CCCc2ccccc2)CC1. The molecule has 1 aromatic carbocycles. The number of likely N-dealkylation sites (N-methyl/N-ethyl adjacent to an activating group) is 1. The summed E-state index contributed by atoms with van der Waals surface area (Å²) < 4.78 is 0. The van der Waals surface area contributed by atoms with Crippen LogP contribution in [0.2, 0.25) is 0 Å². The number of aliphatic imine (C=N–C) groups is 1. The van der Waals surface area contributed by atoms with Crippen LogP contribution in [-0.2, 0) is 11.2 Å². The summed E-state index contributed by atoms with van der Waals surface area (Å²) >= 11 is 0. The molecule has 3 heterocycles. The first-order valence-electron chi connectivity index (χ1n) is 11.0. The summed E-state index contributed by atoms with van der Waals surface area (Å²) in [6, 6.07) is 9.52. The van der Waals surface area contributed by atoms with Gasteiger partial charge in [0, 0.05) is 46.3 Å². The van der Waals surface area contributed by atoms with E-state index in [0.717, 1.165) is 63.6 Å². The molecule has 0 radical (unpaired) electrons. The van der Waals surface area contributed by atoms with E-state index in [0.29, 0.717) is 0 Å². The minimum Gasteiger partial charge on any atom is -0.340 e. The summed E-state index contributed by atoms with van der Waals surface area (Å²) in [5.74, 6) is 0.585. The fourth-order valence-corrected chi connectivity index (χ4v) is 4.60. The van der Waals surface area contributed by atoms with Crippen LogP contribution in [0.15, 0.2) is 47.5 Å². The Hall–Kier alpha value is -2.87. The normalized spacial score (nSPS) is 24.2. The highest BCUT2D eigenvalue weighted by atomic mass is 16.2. The van der Waals surface area contributed by atoms with Crippen LogP contribution < -0.4 is 5.32 Å². The van der Waals surface area contributed by atoms with Crippen molar-refractivity contribution >= 4 is 17.9 Å². The van der Waals surface area contributed by atoms with E-state index < -0.39 is 12.2 Å². The first kappa shape index (κ1) is 21.4. The van der Waals surface area contributed by atoms with Gasteiger partial charge in [0.1, 0.15) is 0 Å². The zero-order valence-electron chi connectivity index (χ0n) is 18.5. The van der Waals surface area contributed by atoms with E-state index in [1.807, 2.05) is 18.2 Å². The number of fused-ring (bicyclic) bond motifs is 1. The molecule has 3 amide bonds. The first-order chi connectivity index (χ1) is 14.9. The van der Waals surface area contributed by atoms with E-state index in [9.17, 15) is 9.59 Å². The lowest BCUT2D eigenvalue weighted by Gasteiger charge is -2.40. The van der Waals surface area contributed by atoms with Gasteiger partial charge in [-0.1, -0.05) is 42.5 Å². The third-order valence-electron chi connectivity index (χ3n) is 6.19. The van der Waals surface area contributed by atoms with Crippen molar-refractivity contribution in [3.05, 3.63) is 48.0 Å². The van der Waals surface area contributed by atoms with Gasteiger partial charge in [0.25, 0.3) is 5.91 Å². The van der Waals surface area contributed by atoms with Crippen LogP contribution in [0, 0.1) is 0 Å². The molecule has 3 aliphatic heterocycles. The van der Waals surface area contributed by atoms with Gasteiger partial charge >= 0.3 is 6.03 Å². The van der Waals surface area contributed by atoms with Crippen LogP contribution in [0.4, 0.5) is 4.79 Å². The lowest BCUT2D eigenvalue weighted by molar-refractivity contribution is -0.127. The second-order valence-corrected chi connectivity index (χ2v) is 8.70. The number of urea groups is 1. The monoisotopic (exact) mass is 424 g/mol. The Labute approximate surface area is 184 Å². The molecule has 4 rings (SSSR count). The number of rotatable bonds is 6. The Kier molecular flexibility index (Phi) is 6.27. The molecule has 0 saturated carbocycles. The third-order valence-corrected chi connectivity index (χ3v) is 6.19. The number of aryl methyl sites for hydroxylation is 1. The fourth-order valence-electron chi connectivity index (χ4n) is 4.60. The Balaban J connectivity index is 1.48. The number of piperazine rings is 1.